The maximum Gasteiger partial charge on any atom is 0.306 e. The number of hydrogen-bond donors (Lipinski definition) is 2. The first-order valence-corrected chi connectivity index (χ1v) is 21.4. The van der Waals surface area contributed by atoms with Crippen LogP contribution in [0.4, 0.5) is 0 Å². The number of unbranched alkanes of at least 4 members (excludes halogenated alkanes) is 4. The van der Waals surface area contributed by atoms with E-state index in [9.17, 15) is 14.7 Å². The van der Waals surface area contributed by atoms with Crippen molar-refractivity contribution in [3.8, 4) is 11.5 Å². The number of ether oxygens (including phenoxy) is 5. The van der Waals surface area contributed by atoms with Gasteiger partial charge in [-0.2, -0.15) is 0 Å². The van der Waals surface area contributed by atoms with Gasteiger partial charge in [-0.05, 0) is 87.4 Å². The zero-order chi connectivity index (χ0) is 39.2. The van der Waals surface area contributed by atoms with Crippen molar-refractivity contribution >= 4 is 11.9 Å². The molecule has 2 N–H and O–H groups in total. The third-order valence-electron chi connectivity index (χ3n) is 10.3. The van der Waals surface area contributed by atoms with Crippen molar-refractivity contribution in [2.75, 3.05) is 72.3 Å². The number of rotatable bonds is 33. The summed E-state index contributed by atoms with van der Waals surface area (Å²) in [6.45, 7) is 16.3. The molecule has 0 aromatic heterocycles. The molecule has 0 spiro atoms. The zero-order valence-corrected chi connectivity index (χ0v) is 34.4. The van der Waals surface area contributed by atoms with Gasteiger partial charge >= 0.3 is 11.9 Å². The van der Waals surface area contributed by atoms with Gasteiger partial charge in [-0.1, -0.05) is 66.2 Å². The summed E-state index contributed by atoms with van der Waals surface area (Å²) in [4.78, 5) is 29.6. The van der Waals surface area contributed by atoms with E-state index >= 15 is 0 Å². The Labute approximate surface area is 327 Å². The maximum absolute atomic E-state index is 12.7. The Morgan fingerprint density at radius 2 is 1.22 bits per heavy atom. The van der Waals surface area contributed by atoms with Crippen molar-refractivity contribution in [1.82, 2.24) is 9.80 Å². The first-order valence-electron chi connectivity index (χ1n) is 21.4. The average Bonchev–Trinajstić information content (AvgIpc) is 3.17. The number of β-amino-alcohol motifs (C(OH)–C–C–N with tert-alkyl or cyclic N) is 1. The molecular formula is C43H76N2O9. The zero-order valence-electron chi connectivity index (χ0n) is 34.4. The Morgan fingerprint density at radius 1 is 0.667 bits per heavy atom. The summed E-state index contributed by atoms with van der Waals surface area (Å²) in [5.41, 5.74) is 0.783. The van der Waals surface area contributed by atoms with Crippen molar-refractivity contribution in [3.63, 3.8) is 0 Å². The summed E-state index contributed by atoms with van der Waals surface area (Å²) in [7, 11) is 0. The molecule has 3 unspecified atom stereocenters. The lowest BCUT2D eigenvalue weighted by Crippen LogP contribution is -2.47. The summed E-state index contributed by atoms with van der Waals surface area (Å²) in [6.07, 6.45) is 13.1. The highest BCUT2D eigenvalue weighted by atomic mass is 16.6. The quantitative estimate of drug-likeness (QED) is 0.0419. The van der Waals surface area contributed by atoms with Gasteiger partial charge in [0.15, 0.2) is 6.29 Å². The number of hydrogen-bond acceptors (Lipinski definition) is 11. The van der Waals surface area contributed by atoms with Crippen LogP contribution in [0.15, 0.2) is 18.2 Å². The van der Waals surface area contributed by atoms with Crippen molar-refractivity contribution in [2.45, 2.75) is 143 Å². The second kappa shape index (κ2) is 30.7. The van der Waals surface area contributed by atoms with E-state index in [4.69, 9.17) is 28.8 Å². The molecule has 1 aliphatic rings. The van der Waals surface area contributed by atoms with Crippen LogP contribution in [0.5, 0.6) is 11.5 Å². The third kappa shape index (κ3) is 22.8. The van der Waals surface area contributed by atoms with E-state index in [0.29, 0.717) is 88.4 Å². The molecule has 1 fully saturated rings. The number of benzene rings is 1. The number of carbonyl (C=O) groups is 2. The van der Waals surface area contributed by atoms with Gasteiger partial charge in [0.1, 0.15) is 18.1 Å². The Balaban J connectivity index is 1.82. The van der Waals surface area contributed by atoms with Crippen LogP contribution in [-0.2, 0) is 30.4 Å². The molecule has 312 valence electrons. The molecule has 3 atom stereocenters. The standard InChI is InChI=1S/C43H76N2O9/c1-5-9-16-36(7-3)33-52-41(47)18-11-13-28-50-39-30-38(35-54-43(49)20-15-21-44-22-24-45(25-23-44)26-27-46)31-40(32-39)51-29-14-12-19-42(48)53-34-37(8-4)17-10-6-2/h30-32,36-37,41,46-47H,5-29,33-35H2,1-4H3. The van der Waals surface area contributed by atoms with E-state index in [-0.39, 0.29) is 25.2 Å². The second-order valence-electron chi connectivity index (χ2n) is 14.9. The molecule has 0 aliphatic carbocycles. The monoisotopic (exact) mass is 765 g/mol. The van der Waals surface area contributed by atoms with Crippen LogP contribution < -0.4 is 9.47 Å². The molecule has 11 heteroatoms. The predicted molar refractivity (Wildman–Crippen MR) is 214 cm³/mol. The molecule has 0 saturated carbocycles. The molecule has 1 aliphatic heterocycles. The van der Waals surface area contributed by atoms with Gasteiger partial charge < -0.3 is 38.8 Å². The topological polar surface area (TPSA) is 127 Å². The maximum atomic E-state index is 12.7. The molecule has 54 heavy (non-hydrogen) atoms. The number of piperazine rings is 1. The van der Waals surface area contributed by atoms with Gasteiger partial charge in [0.05, 0.1) is 33.0 Å². The van der Waals surface area contributed by atoms with E-state index in [1.807, 2.05) is 18.2 Å². The van der Waals surface area contributed by atoms with E-state index in [1.54, 1.807) is 0 Å². The molecule has 1 heterocycles. The van der Waals surface area contributed by atoms with E-state index in [0.717, 1.165) is 96.1 Å². The van der Waals surface area contributed by atoms with Crippen LogP contribution in [0.3, 0.4) is 0 Å². The largest absolute Gasteiger partial charge is 0.493 e. The Hall–Kier alpha value is -2.44. The Bertz CT molecular complexity index is 1100. The van der Waals surface area contributed by atoms with Gasteiger partial charge in [0.25, 0.3) is 0 Å². The summed E-state index contributed by atoms with van der Waals surface area (Å²) in [5, 5.41) is 19.5. The van der Waals surface area contributed by atoms with Crippen LogP contribution in [0.1, 0.15) is 136 Å². The first-order chi connectivity index (χ1) is 26.3. The summed E-state index contributed by atoms with van der Waals surface area (Å²) < 4.78 is 29.1. The summed E-state index contributed by atoms with van der Waals surface area (Å²) in [5.74, 6) is 1.80. The fraction of sp³-hybridized carbons (Fsp3) is 0.814. The molecular weight excluding hydrogens is 688 g/mol. The molecule has 0 radical (unpaired) electrons. The van der Waals surface area contributed by atoms with Gasteiger partial charge in [-0.3, -0.25) is 14.5 Å². The summed E-state index contributed by atoms with van der Waals surface area (Å²) in [6, 6.07) is 5.60. The van der Waals surface area contributed by atoms with Crippen LogP contribution in [0.25, 0.3) is 0 Å². The minimum Gasteiger partial charge on any atom is -0.493 e. The van der Waals surface area contributed by atoms with Crippen molar-refractivity contribution in [1.29, 1.82) is 0 Å². The lowest BCUT2D eigenvalue weighted by molar-refractivity contribution is -0.146. The van der Waals surface area contributed by atoms with Crippen molar-refractivity contribution in [3.05, 3.63) is 23.8 Å². The molecule has 0 bridgehead atoms. The molecule has 1 aromatic carbocycles. The molecule has 2 rings (SSSR count). The molecule has 11 nitrogen and oxygen atoms in total. The van der Waals surface area contributed by atoms with Gasteiger partial charge in [-0.25, -0.2) is 0 Å². The molecule has 1 saturated heterocycles. The first kappa shape index (κ1) is 47.7. The number of esters is 2. The van der Waals surface area contributed by atoms with E-state index < -0.39 is 6.29 Å². The number of carbonyl (C=O) groups excluding carboxylic acids is 2. The fourth-order valence-corrected chi connectivity index (χ4v) is 6.52. The lowest BCUT2D eigenvalue weighted by Gasteiger charge is -2.34. The minimum absolute atomic E-state index is 0.121. The van der Waals surface area contributed by atoms with Crippen LogP contribution in [-0.4, -0.2) is 111 Å². The minimum atomic E-state index is -0.762. The smallest absolute Gasteiger partial charge is 0.306 e. The van der Waals surface area contributed by atoms with E-state index in [1.165, 1.54) is 12.8 Å². The van der Waals surface area contributed by atoms with Gasteiger partial charge in [-0.15, -0.1) is 0 Å². The lowest BCUT2D eigenvalue weighted by atomic mass is 10.0. The third-order valence-corrected chi connectivity index (χ3v) is 10.3. The Morgan fingerprint density at radius 3 is 1.81 bits per heavy atom. The highest BCUT2D eigenvalue weighted by Crippen LogP contribution is 2.25. The molecule has 1 aromatic rings. The Kier molecular flexibility index (Phi) is 27.2. The van der Waals surface area contributed by atoms with Gasteiger partial charge in [0.2, 0.25) is 0 Å². The number of aliphatic hydroxyl groups excluding tert-OH is 2. The normalized spacial score (nSPS) is 15.4. The highest BCUT2D eigenvalue weighted by molar-refractivity contribution is 5.69. The average molecular weight is 765 g/mol. The predicted octanol–water partition coefficient (Wildman–Crippen LogP) is 7.53. The highest BCUT2D eigenvalue weighted by Gasteiger charge is 2.17. The molecule has 0 amide bonds. The second-order valence-corrected chi connectivity index (χ2v) is 14.9. The number of aliphatic hydroxyl groups is 2. The van der Waals surface area contributed by atoms with Gasteiger partial charge in [0, 0.05) is 51.6 Å². The fourth-order valence-electron chi connectivity index (χ4n) is 6.52. The SMILES string of the molecule is CCCCC(CC)COC(=O)CCCCOc1cc(COC(=O)CCCN2CCN(CCO)CC2)cc(OCCCCC(O)OCC(CC)CCCC)c1. The van der Waals surface area contributed by atoms with Crippen molar-refractivity contribution in [2.24, 2.45) is 11.8 Å². The van der Waals surface area contributed by atoms with Crippen LogP contribution in [0.2, 0.25) is 0 Å². The van der Waals surface area contributed by atoms with E-state index in [2.05, 4.69) is 37.5 Å². The van der Waals surface area contributed by atoms with Crippen LogP contribution in [0, 0.1) is 11.8 Å². The van der Waals surface area contributed by atoms with Crippen molar-refractivity contribution < 1.29 is 43.5 Å². The summed E-state index contributed by atoms with van der Waals surface area (Å²) >= 11 is 0. The van der Waals surface area contributed by atoms with Crippen LogP contribution >= 0.6 is 0 Å². The number of nitrogens with zero attached hydrogens (tertiary/aromatic N) is 2.